The zero-order valence-corrected chi connectivity index (χ0v) is 13.3. The Balaban J connectivity index is 1.99. The molecule has 102 valence electrons. The molecule has 0 aliphatic rings. The van der Waals surface area contributed by atoms with Gasteiger partial charge in [0.2, 0.25) is 0 Å². The van der Waals surface area contributed by atoms with Gasteiger partial charge in [-0.25, -0.2) is 0 Å². The van der Waals surface area contributed by atoms with Crippen molar-refractivity contribution in [2.75, 3.05) is 7.05 Å². The number of nitrogens with zero attached hydrogens (tertiary/aromatic N) is 3. The lowest BCUT2D eigenvalue weighted by Crippen LogP contribution is -2.17. The van der Waals surface area contributed by atoms with E-state index in [2.05, 4.69) is 71.1 Å². The molecule has 0 aliphatic heterocycles. The van der Waals surface area contributed by atoms with Gasteiger partial charge in [-0.3, -0.25) is 9.58 Å². The smallest absolute Gasteiger partial charge is 0.0537 e. The Kier molecular flexibility index (Phi) is 4.77. The largest absolute Gasteiger partial charge is 0.298 e. The summed E-state index contributed by atoms with van der Waals surface area (Å²) >= 11 is 3.46. The Morgan fingerprint density at radius 2 is 1.89 bits per heavy atom. The van der Waals surface area contributed by atoms with Gasteiger partial charge in [-0.05, 0) is 38.6 Å². The number of hydrogen-bond donors (Lipinski definition) is 0. The fourth-order valence-electron chi connectivity index (χ4n) is 2.21. The molecule has 3 nitrogen and oxygen atoms in total. The molecule has 2 rings (SSSR count). The van der Waals surface area contributed by atoms with Crippen LogP contribution in [0.25, 0.3) is 0 Å². The first-order valence-corrected chi connectivity index (χ1v) is 7.33. The second kappa shape index (κ2) is 6.35. The van der Waals surface area contributed by atoms with E-state index in [4.69, 9.17) is 0 Å². The third kappa shape index (κ3) is 3.67. The molecular formula is C15H20BrN3. The minimum absolute atomic E-state index is 0.932. The topological polar surface area (TPSA) is 21.1 Å². The molecule has 19 heavy (non-hydrogen) atoms. The number of aromatic nitrogens is 2. The van der Waals surface area contributed by atoms with Crippen molar-refractivity contribution in [1.29, 1.82) is 0 Å². The molecule has 1 aromatic carbocycles. The van der Waals surface area contributed by atoms with Gasteiger partial charge in [0.25, 0.3) is 0 Å². The van der Waals surface area contributed by atoms with Crippen molar-refractivity contribution in [2.45, 2.75) is 33.5 Å². The second-order valence-corrected chi connectivity index (χ2v) is 5.79. The lowest BCUT2D eigenvalue weighted by Gasteiger charge is -2.16. The SMILES string of the molecule is CCn1ncc(CN(C)Cc2ccc(Br)cc2)c1C. The van der Waals surface area contributed by atoms with Crippen LogP contribution in [-0.4, -0.2) is 21.7 Å². The zero-order valence-electron chi connectivity index (χ0n) is 11.7. The van der Waals surface area contributed by atoms with E-state index < -0.39 is 0 Å². The van der Waals surface area contributed by atoms with Crippen LogP contribution in [0.3, 0.4) is 0 Å². The van der Waals surface area contributed by atoms with Crippen molar-refractivity contribution in [3.63, 3.8) is 0 Å². The van der Waals surface area contributed by atoms with Gasteiger partial charge in [0.05, 0.1) is 6.20 Å². The zero-order chi connectivity index (χ0) is 13.8. The summed E-state index contributed by atoms with van der Waals surface area (Å²) in [5.74, 6) is 0. The predicted octanol–water partition coefficient (Wildman–Crippen LogP) is 3.61. The van der Waals surface area contributed by atoms with E-state index in [1.54, 1.807) is 0 Å². The van der Waals surface area contributed by atoms with E-state index in [0.717, 1.165) is 24.1 Å². The summed E-state index contributed by atoms with van der Waals surface area (Å²) in [7, 11) is 2.14. The van der Waals surface area contributed by atoms with Crippen molar-refractivity contribution in [3.05, 3.63) is 51.8 Å². The van der Waals surface area contributed by atoms with Gasteiger partial charge < -0.3 is 0 Å². The summed E-state index contributed by atoms with van der Waals surface area (Å²) in [6.07, 6.45) is 1.98. The van der Waals surface area contributed by atoms with Crippen molar-refractivity contribution >= 4 is 15.9 Å². The first-order valence-electron chi connectivity index (χ1n) is 6.54. The highest BCUT2D eigenvalue weighted by molar-refractivity contribution is 9.10. The van der Waals surface area contributed by atoms with Crippen LogP contribution in [0.1, 0.15) is 23.7 Å². The Morgan fingerprint density at radius 3 is 2.47 bits per heavy atom. The molecule has 0 spiro atoms. The third-order valence-corrected chi connectivity index (χ3v) is 3.84. The highest BCUT2D eigenvalue weighted by Crippen LogP contribution is 2.14. The Morgan fingerprint density at radius 1 is 1.21 bits per heavy atom. The summed E-state index contributed by atoms with van der Waals surface area (Å²) in [5, 5.41) is 4.39. The minimum atomic E-state index is 0.932. The van der Waals surface area contributed by atoms with Crippen LogP contribution in [0.4, 0.5) is 0 Å². The highest BCUT2D eigenvalue weighted by Gasteiger charge is 2.08. The van der Waals surface area contributed by atoms with Gasteiger partial charge in [-0.1, -0.05) is 28.1 Å². The molecule has 0 radical (unpaired) electrons. The van der Waals surface area contributed by atoms with Crippen molar-refractivity contribution in [2.24, 2.45) is 0 Å². The van der Waals surface area contributed by atoms with Gasteiger partial charge in [0.1, 0.15) is 0 Å². The molecule has 0 N–H and O–H groups in total. The molecule has 1 heterocycles. The summed E-state index contributed by atoms with van der Waals surface area (Å²) in [6, 6.07) is 8.49. The summed E-state index contributed by atoms with van der Waals surface area (Å²) in [5.41, 5.74) is 3.90. The molecule has 0 bridgehead atoms. The van der Waals surface area contributed by atoms with E-state index in [1.165, 1.54) is 16.8 Å². The van der Waals surface area contributed by atoms with Crippen LogP contribution in [0.2, 0.25) is 0 Å². The maximum atomic E-state index is 4.39. The van der Waals surface area contributed by atoms with Gasteiger partial charge in [0.15, 0.2) is 0 Å². The maximum absolute atomic E-state index is 4.39. The summed E-state index contributed by atoms with van der Waals surface area (Å²) in [4.78, 5) is 2.31. The molecule has 1 aromatic heterocycles. The van der Waals surface area contributed by atoms with Crippen LogP contribution >= 0.6 is 15.9 Å². The fraction of sp³-hybridized carbons (Fsp3) is 0.400. The van der Waals surface area contributed by atoms with Crippen LogP contribution in [0.15, 0.2) is 34.9 Å². The molecule has 4 heteroatoms. The second-order valence-electron chi connectivity index (χ2n) is 4.87. The first-order chi connectivity index (χ1) is 9.10. The molecular weight excluding hydrogens is 302 g/mol. The average molecular weight is 322 g/mol. The molecule has 0 fully saturated rings. The number of halogens is 1. The molecule has 0 saturated heterocycles. The van der Waals surface area contributed by atoms with Gasteiger partial charge in [0, 0.05) is 35.4 Å². The molecule has 0 saturated carbocycles. The van der Waals surface area contributed by atoms with Crippen LogP contribution in [0, 0.1) is 6.92 Å². The standard InChI is InChI=1S/C15H20BrN3/c1-4-19-12(2)14(9-17-19)11-18(3)10-13-5-7-15(16)8-6-13/h5-9H,4,10-11H2,1-3H3. The van der Waals surface area contributed by atoms with Crippen molar-refractivity contribution in [1.82, 2.24) is 14.7 Å². The monoisotopic (exact) mass is 321 g/mol. The van der Waals surface area contributed by atoms with Gasteiger partial charge in [-0.15, -0.1) is 0 Å². The average Bonchev–Trinajstić information content (AvgIpc) is 2.73. The van der Waals surface area contributed by atoms with E-state index in [-0.39, 0.29) is 0 Å². The van der Waals surface area contributed by atoms with E-state index in [9.17, 15) is 0 Å². The Labute approximate surface area is 123 Å². The molecule has 2 aromatic rings. The summed E-state index contributed by atoms with van der Waals surface area (Å²) < 4.78 is 3.17. The molecule has 0 atom stereocenters. The summed E-state index contributed by atoms with van der Waals surface area (Å²) in [6.45, 7) is 7.07. The van der Waals surface area contributed by atoms with Gasteiger partial charge >= 0.3 is 0 Å². The molecule has 0 aliphatic carbocycles. The number of benzene rings is 1. The van der Waals surface area contributed by atoms with Crippen LogP contribution in [-0.2, 0) is 19.6 Å². The Bertz CT molecular complexity index is 531. The minimum Gasteiger partial charge on any atom is -0.298 e. The van der Waals surface area contributed by atoms with Crippen molar-refractivity contribution in [3.8, 4) is 0 Å². The van der Waals surface area contributed by atoms with Crippen molar-refractivity contribution < 1.29 is 0 Å². The fourth-order valence-corrected chi connectivity index (χ4v) is 2.47. The predicted molar refractivity (Wildman–Crippen MR) is 82.0 cm³/mol. The first kappa shape index (κ1) is 14.3. The lowest BCUT2D eigenvalue weighted by atomic mass is 10.2. The quantitative estimate of drug-likeness (QED) is 0.838. The number of hydrogen-bond acceptors (Lipinski definition) is 2. The number of rotatable bonds is 5. The normalized spacial score (nSPS) is 11.2. The molecule has 0 amide bonds. The van der Waals surface area contributed by atoms with E-state index >= 15 is 0 Å². The highest BCUT2D eigenvalue weighted by atomic mass is 79.9. The van der Waals surface area contributed by atoms with Gasteiger partial charge in [-0.2, -0.15) is 5.10 Å². The van der Waals surface area contributed by atoms with E-state index in [0.29, 0.717) is 0 Å². The van der Waals surface area contributed by atoms with Crippen LogP contribution < -0.4 is 0 Å². The third-order valence-electron chi connectivity index (χ3n) is 3.31. The number of aryl methyl sites for hydroxylation is 1. The van der Waals surface area contributed by atoms with E-state index in [1.807, 2.05) is 10.9 Å². The Hall–Kier alpha value is -1.13. The maximum Gasteiger partial charge on any atom is 0.0537 e. The van der Waals surface area contributed by atoms with Crippen LogP contribution in [0.5, 0.6) is 0 Å². The lowest BCUT2D eigenvalue weighted by molar-refractivity contribution is 0.318. The molecule has 0 unspecified atom stereocenters.